The minimum atomic E-state index is 0.260. The Hall–Kier alpha value is -0.0452. The van der Waals surface area contributed by atoms with Crippen molar-refractivity contribution >= 4 is 22.2 Å². The highest BCUT2D eigenvalue weighted by molar-refractivity contribution is 6.72. The van der Waals surface area contributed by atoms with E-state index >= 15 is 0 Å². The predicted molar refractivity (Wildman–Crippen MR) is 67.9 cm³/mol. The van der Waals surface area contributed by atoms with Gasteiger partial charge in [0.2, 0.25) is 0 Å². The van der Waals surface area contributed by atoms with Gasteiger partial charge in [0.25, 0.3) is 15.1 Å². The molecular weight excluding hydrogens is 189 g/mol. The zero-order chi connectivity index (χ0) is 11.6. The molecule has 1 rings (SSSR count). The molecule has 0 aromatic rings. The number of hydrazine groups is 2. The molecule has 1 heterocycles. The molecule has 1 aliphatic heterocycles. The summed E-state index contributed by atoms with van der Waals surface area (Å²) in [4.78, 5) is 6.74. The highest BCUT2D eigenvalue weighted by Gasteiger charge is 2.39. The quantitative estimate of drug-likeness (QED) is 0.506. The summed E-state index contributed by atoms with van der Waals surface area (Å²) < 4.78 is 0. The summed E-state index contributed by atoms with van der Waals surface area (Å²) >= 11 is 0. The number of hydrogen-bond donors (Lipinski definition) is 1. The predicted octanol–water partition coefficient (Wildman–Crippen LogP) is -2.77. The van der Waals surface area contributed by atoms with Crippen LogP contribution >= 0.6 is 0 Å². The van der Waals surface area contributed by atoms with Crippen LogP contribution in [0.15, 0.2) is 0 Å². The smallest absolute Gasteiger partial charge is 0.376 e. The maximum atomic E-state index is 3.37. The molecule has 9 heteroatoms. The second-order valence-corrected chi connectivity index (χ2v) is 4.45. The van der Waals surface area contributed by atoms with Gasteiger partial charge in [-0.25, -0.2) is 0 Å². The van der Waals surface area contributed by atoms with Gasteiger partial charge in [0.1, 0.15) is 0 Å². The standard InChI is InChI=1S/C6H21B3N6/c1-11(2)9-14(12(3)4)7-10-8-15(9)13(5)6/h7-8,10H,1-6H3. The van der Waals surface area contributed by atoms with Crippen LogP contribution < -0.4 is 5.14 Å². The Morgan fingerprint density at radius 2 is 1.27 bits per heavy atom. The summed E-state index contributed by atoms with van der Waals surface area (Å²) in [5.41, 5.74) is 0. The normalized spacial score (nSPS) is 19.9. The van der Waals surface area contributed by atoms with Crippen molar-refractivity contribution in [3.63, 3.8) is 0 Å². The lowest BCUT2D eigenvalue weighted by Crippen LogP contribution is -2.76. The lowest BCUT2D eigenvalue weighted by atomic mass is 9.71. The van der Waals surface area contributed by atoms with Gasteiger partial charge in [0.05, 0.1) is 0 Å². The summed E-state index contributed by atoms with van der Waals surface area (Å²) in [7, 11) is 14.5. The van der Waals surface area contributed by atoms with Gasteiger partial charge in [-0.05, 0) is 42.3 Å². The molecule has 0 unspecified atom stereocenters. The van der Waals surface area contributed by atoms with E-state index in [2.05, 4.69) is 71.9 Å². The molecule has 0 atom stereocenters. The van der Waals surface area contributed by atoms with Crippen molar-refractivity contribution in [2.75, 3.05) is 42.3 Å². The minimum Gasteiger partial charge on any atom is -0.376 e. The van der Waals surface area contributed by atoms with Gasteiger partial charge in [0, 0.05) is 0 Å². The van der Waals surface area contributed by atoms with E-state index in [-0.39, 0.29) is 7.12 Å². The van der Waals surface area contributed by atoms with Crippen molar-refractivity contribution in [2.45, 2.75) is 0 Å². The zero-order valence-corrected chi connectivity index (χ0v) is 10.7. The van der Waals surface area contributed by atoms with Crippen LogP contribution in [0.1, 0.15) is 0 Å². The molecule has 0 spiro atoms. The third-order valence-electron chi connectivity index (χ3n) is 2.57. The lowest BCUT2D eigenvalue weighted by molar-refractivity contribution is 0.131. The van der Waals surface area contributed by atoms with Crippen LogP contribution in [0.25, 0.3) is 0 Å². The molecule has 0 bridgehead atoms. The van der Waals surface area contributed by atoms with E-state index in [4.69, 9.17) is 0 Å². The molecule has 84 valence electrons. The Kier molecular flexibility index (Phi) is 4.63. The van der Waals surface area contributed by atoms with Gasteiger partial charge in [-0.1, -0.05) is 0 Å². The van der Waals surface area contributed by atoms with Crippen molar-refractivity contribution < 1.29 is 0 Å². The van der Waals surface area contributed by atoms with E-state index in [1.807, 2.05) is 0 Å². The third kappa shape index (κ3) is 2.96. The molecule has 0 aromatic carbocycles. The molecule has 1 fully saturated rings. The maximum absolute atomic E-state index is 3.37. The summed E-state index contributed by atoms with van der Waals surface area (Å²) in [6.07, 6.45) is 0. The second-order valence-electron chi connectivity index (χ2n) is 4.45. The molecule has 0 amide bonds. The lowest BCUT2D eigenvalue weighted by Gasteiger charge is -2.48. The van der Waals surface area contributed by atoms with Crippen molar-refractivity contribution in [1.29, 1.82) is 0 Å². The first kappa shape index (κ1) is 13.0. The topological polar surface area (TPSA) is 28.2 Å². The fourth-order valence-electron chi connectivity index (χ4n) is 1.83. The highest BCUT2D eigenvalue weighted by Crippen LogP contribution is 2.07. The summed E-state index contributed by atoms with van der Waals surface area (Å²) in [5.74, 6) is 0. The Morgan fingerprint density at radius 1 is 0.867 bits per heavy atom. The monoisotopic (exact) mass is 210 g/mol. The number of hydrogen-bond acceptors (Lipinski definition) is 6. The Morgan fingerprint density at radius 3 is 1.53 bits per heavy atom. The SMILES string of the molecule is CN(C)B1N(N(C)C)BNBN1N(C)C. The van der Waals surface area contributed by atoms with Gasteiger partial charge < -0.3 is 9.95 Å². The highest BCUT2D eigenvalue weighted by atomic mass is 15.7. The van der Waals surface area contributed by atoms with Gasteiger partial charge in [-0.3, -0.25) is 19.7 Å². The van der Waals surface area contributed by atoms with E-state index in [0.717, 1.165) is 15.1 Å². The largest absolute Gasteiger partial charge is 0.410 e. The summed E-state index contributed by atoms with van der Waals surface area (Å²) in [6, 6.07) is 0. The molecule has 15 heavy (non-hydrogen) atoms. The number of nitrogens with one attached hydrogen (secondary N) is 1. The fourth-order valence-corrected chi connectivity index (χ4v) is 1.83. The molecule has 1 N–H and O–H groups in total. The average molecular weight is 210 g/mol. The number of rotatable bonds is 3. The van der Waals surface area contributed by atoms with Gasteiger partial charge in [-0.2, -0.15) is 0 Å². The van der Waals surface area contributed by atoms with Crippen LogP contribution in [0.2, 0.25) is 0 Å². The Labute approximate surface area is 94.8 Å². The van der Waals surface area contributed by atoms with Gasteiger partial charge in [0.15, 0.2) is 0 Å². The molecule has 1 aliphatic rings. The second kappa shape index (κ2) is 5.33. The van der Waals surface area contributed by atoms with E-state index in [9.17, 15) is 0 Å². The molecule has 6 nitrogen and oxygen atoms in total. The van der Waals surface area contributed by atoms with Crippen molar-refractivity contribution in [3.8, 4) is 0 Å². The van der Waals surface area contributed by atoms with Crippen molar-refractivity contribution in [1.82, 2.24) is 29.6 Å². The first-order valence-electron chi connectivity index (χ1n) is 5.20. The Balaban J connectivity index is 2.80. The van der Waals surface area contributed by atoms with E-state index in [1.54, 1.807) is 0 Å². The van der Waals surface area contributed by atoms with Gasteiger partial charge >= 0.3 is 7.12 Å². The van der Waals surface area contributed by atoms with Crippen molar-refractivity contribution in [2.24, 2.45) is 0 Å². The maximum Gasteiger partial charge on any atom is 0.410 e. The summed E-state index contributed by atoms with van der Waals surface area (Å²) in [6.45, 7) is 0. The van der Waals surface area contributed by atoms with E-state index < -0.39 is 0 Å². The minimum absolute atomic E-state index is 0.260. The fraction of sp³-hybridized carbons (Fsp3) is 1.00. The Bertz CT molecular complexity index is 185. The first-order valence-corrected chi connectivity index (χ1v) is 5.20. The third-order valence-corrected chi connectivity index (χ3v) is 2.57. The van der Waals surface area contributed by atoms with Crippen LogP contribution in [0.4, 0.5) is 0 Å². The number of nitrogens with zero attached hydrogens (tertiary/aromatic N) is 5. The molecule has 0 aliphatic carbocycles. The zero-order valence-electron chi connectivity index (χ0n) is 10.7. The first-order chi connectivity index (χ1) is 6.95. The molecule has 0 saturated carbocycles. The molecule has 0 radical (unpaired) electrons. The molecule has 1 saturated heterocycles. The average Bonchev–Trinajstić information content (AvgIpc) is 2.16. The molecular formula is C6H21B3N6. The van der Waals surface area contributed by atoms with E-state index in [0.29, 0.717) is 0 Å². The van der Waals surface area contributed by atoms with Crippen LogP contribution in [0, 0.1) is 0 Å². The van der Waals surface area contributed by atoms with Crippen molar-refractivity contribution in [3.05, 3.63) is 0 Å². The van der Waals surface area contributed by atoms with Crippen LogP contribution in [-0.2, 0) is 0 Å². The summed E-state index contributed by atoms with van der Waals surface area (Å²) in [5, 5.41) is 7.61. The van der Waals surface area contributed by atoms with Crippen LogP contribution in [-0.4, -0.2) is 89.0 Å². The van der Waals surface area contributed by atoms with Crippen LogP contribution in [0.3, 0.4) is 0 Å². The molecule has 0 aromatic heterocycles. The van der Waals surface area contributed by atoms with Gasteiger partial charge in [-0.15, -0.1) is 0 Å². The van der Waals surface area contributed by atoms with E-state index in [1.165, 1.54) is 0 Å². The van der Waals surface area contributed by atoms with Crippen LogP contribution in [0.5, 0.6) is 0 Å².